The molecule has 0 atom stereocenters. The smallest absolute Gasteiger partial charge is 0.320 e. The summed E-state index contributed by atoms with van der Waals surface area (Å²) in [5, 5.41) is 12.3. The molecule has 0 radical (unpaired) electrons. The van der Waals surface area contributed by atoms with Crippen molar-refractivity contribution in [2.24, 2.45) is 10.3 Å². The first-order valence-electron chi connectivity index (χ1n) is 7.34. The van der Waals surface area contributed by atoms with E-state index in [0.29, 0.717) is 24.5 Å². The summed E-state index contributed by atoms with van der Waals surface area (Å²) in [4.78, 5) is 31.5. The molecule has 0 fully saturated rings. The van der Waals surface area contributed by atoms with Gasteiger partial charge in [-0.25, -0.2) is 9.59 Å². The van der Waals surface area contributed by atoms with Gasteiger partial charge in [0.05, 0.1) is 11.4 Å². The Hall–Kier alpha value is -2.12. The fourth-order valence-corrected chi connectivity index (χ4v) is 1.31. The molecule has 0 saturated carbocycles. The van der Waals surface area contributed by atoms with Gasteiger partial charge in [-0.2, -0.15) is 0 Å². The summed E-state index contributed by atoms with van der Waals surface area (Å²) in [6.07, 6.45) is 2.48. The molecule has 0 aliphatic rings. The summed E-state index contributed by atoms with van der Waals surface area (Å²) in [5.74, 6) is 0. The lowest BCUT2D eigenvalue weighted by Crippen LogP contribution is -2.24. The number of amides is 2. The van der Waals surface area contributed by atoms with E-state index in [4.69, 9.17) is 0 Å². The second kappa shape index (κ2) is 12.6. The number of hydrogen-bond donors (Lipinski definition) is 2. The Kier molecular flexibility index (Phi) is 11.4. The summed E-state index contributed by atoms with van der Waals surface area (Å²) in [6.45, 7) is 8.05. The highest BCUT2D eigenvalue weighted by atomic mass is 16.7. The molecular formula is C14H26N4O4. The molecule has 0 rings (SSSR count). The summed E-state index contributed by atoms with van der Waals surface area (Å²) in [7, 11) is 0. The molecule has 126 valence electrons. The molecule has 0 aromatic rings. The van der Waals surface area contributed by atoms with Crippen LogP contribution in [0.15, 0.2) is 10.3 Å². The summed E-state index contributed by atoms with van der Waals surface area (Å²) >= 11 is 0. The van der Waals surface area contributed by atoms with Gasteiger partial charge in [0.25, 0.3) is 0 Å². The van der Waals surface area contributed by atoms with Crippen molar-refractivity contribution in [3.05, 3.63) is 0 Å². The van der Waals surface area contributed by atoms with Crippen LogP contribution < -0.4 is 10.6 Å². The minimum atomic E-state index is -0.544. The van der Waals surface area contributed by atoms with E-state index in [0.717, 1.165) is 25.7 Å². The van der Waals surface area contributed by atoms with Gasteiger partial charge in [-0.15, -0.1) is 0 Å². The summed E-state index contributed by atoms with van der Waals surface area (Å²) < 4.78 is 0. The van der Waals surface area contributed by atoms with Gasteiger partial charge in [0.1, 0.15) is 0 Å². The first-order chi connectivity index (χ1) is 10.4. The van der Waals surface area contributed by atoms with E-state index in [1.807, 2.05) is 0 Å². The number of carbonyl (C=O) groups excluding carboxylic acids is 2. The van der Waals surface area contributed by atoms with Gasteiger partial charge >= 0.3 is 12.2 Å². The molecule has 0 aromatic heterocycles. The number of oxime groups is 2. The maximum Gasteiger partial charge on any atom is 0.433 e. The average Bonchev–Trinajstić information content (AvgIpc) is 2.45. The molecule has 0 bridgehead atoms. The van der Waals surface area contributed by atoms with Crippen LogP contribution in [0, 0.1) is 0 Å². The van der Waals surface area contributed by atoms with Gasteiger partial charge in [-0.3, -0.25) is 9.68 Å². The van der Waals surface area contributed by atoms with E-state index in [9.17, 15) is 9.59 Å². The summed E-state index contributed by atoms with van der Waals surface area (Å²) in [5.41, 5.74) is 1.36. The highest BCUT2D eigenvalue weighted by molar-refractivity contribution is 5.80. The molecule has 8 heteroatoms. The molecule has 0 spiro atoms. The fourth-order valence-electron chi connectivity index (χ4n) is 1.31. The topological polar surface area (TPSA) is 101 Å². The number of unbranched alkanes of at least 4 members (excludes halogenated alkanes) is 3. The Bertz CT molecular complexity index is 362. The standard InChI is InChI=1S/C14H26N4O4/c1-11(2)17-21-13(19)15-9-7-5-6-8-10-16-14(20)22-18-12(3)4/h5-10H2,1-4H3,(H,15,19)(H,16,20). The van der Waals surface area contributed by atoms with Crippen LogP contribution in [0.5, 0.6) is 0 Å². The molecule has 0 aliphatic carbocycles. The zero-order valence-electron chi connectivity index (χ0n) is 13.8. The van der Waals surface area contributed by atoms with Crippen molar-refractivity contribution in [1.82, 2.24) is 10.6 Å². The van der Waals surface area contributed by atoms with E-state index in [1.165, 1.54) is 0 Å². The SMILES string of the molecule is CC(C)=NOC(=O)NCCCCCCNC(=O)ON=C(C)C. The quantitative estimate of drug-likeness (QED) is 0.296. The lowest BCUT2D eigenvalue weighted by molar-refractivity contribution is 0.149. The van der Waals surface area contributed by atoms with Gasteiger partial charge in [0.15, 0.2) is 0 Å². The van der Waals surface area contributed by atoms with Crippen molar-refractivity contribution in [3.8, 4) is 0 Å². The number of carbonyl (C=O) groups is 2. The second-order valence-corrected chi connectivity index (χ2v) is 5.10. The molecule has 0 aromatic carbocycles. The van der Waals surface area contributed by atoms with Crippen LogP contribution in [-0.4, -0.2) is 36.7 Å². The largest absolute Gasteiger partial charge is 0.433 e. The highest BCUT2D eigenvalue weighted by Crippen LogP contribution is 1.98. The molecule has 2 N–H and O–H groups in total. The van der Waals surface area contributed by atoms with Crippen LogP contribution >= 0.6 is 0 Å². The van der Waals surface area contributed by atoms with Crippen molar-refractivity contribution >= 4 is 23.6 Å². The number of hydrogen-bond acceptors (Lipinski definition) is 6. The average molecular weight is 314 g/mol. The van der Waals surface area contributed by atoms with E-state index in [1.54, 1.807) is 27.7 Å². The van der Waals surface area contributed by atoms with Gasteiger partial charge in [0.2, 0.25) is 0 Å². The monoisotopic (exact) mass is 314 g/mol. The first-order valence-corrected chi connectivity index (χ1v) is 7.34. The third-order valence-electron chi connectivity index (χ3n) is 2.26. The predicted octanol–water partition coefficient (Wildman–Crippen LogP) is 2.79. The lowest BCUT2D eigenvalue weighted by Gasteiger charge is -2.04. The van der Waals surface area contributed by atoms with Gasteiger partial charge in [-0.05, 0) is 40.5 Å². The molecule has 2 amide bonds. The Morgan fingerprint density at radius 3 is 1.41 bits per heavy atom. The molecule has 0 saturated heterocycles. The fraction of sp³-hybridized carbons (Fsp3) is 0.714. The van der Waals surface area contributed by atoms with E-state index >= 15 is 0 Å². The van der Waals surface area contributed by atoms with Crippen molar-refractivity contribution in [2.45, 2.75) is 53.4 Å². The maximum absolute atomic E-state index is 11.2. The minimum absolute atomic E-state index is 0.539. The Morgan fingerprint density at radius 1 is 0.727 bits per heavy atom. The molecule has 0 unspecified atom stereocenters. The van der Waals surface area contributed by atoms with Crippen molar-refractivity contribution in [1.29, 1.82) is 0 Å². The van der Waals surface area contributed by atoms with Crippen LogP contribution in [-0.2, 0) is 9.68 Å². The molecule has 22 heavy (non-hydrogen) atoms. The van der Waals surface area contributed by atoms with Crippen molar-refractivity contribution in [3.63, 3.8) is 0 Å². The van der Waals surface area contributed by atoms with Crippen molar-refractivity contribution < 1.29 is 19.3 Å². The number of nitrogens with one attached hydrogen (secondary N) is 2. The third kappa shape index (κ3) is 14.3. The van der Waals surface area contributed by atoms with E-state index in [2.05, 4.69) is 30.6 Å². The zero-order chi connectivity index (χ0) is 16.8. The maximum atomic E-state index is 11.2. The van der Waals surface area contributed by atoms with E-state index < -0.39 is 12.2 Å². The van der Waals surface area contributed by atoms with Crippen LogP contribution in [0.4, 0.5) is 9.59 Å². The van der Waals surface area contributed by atoms with Crippen molar-refractivity contribution in [2.75, 3.05) is 13.1 Å². The van der Waals surface area contributed by atoms with Gasteiger partial charge in [0, 0.05) is 13.1 Å². The normalized spacial score (nSPS) is 9.45. The van der Waals surface area contributed by atoms with Gasteiger partial charge < -0.3 is 10.6 Å². The molecular weight excluding hydrogens is 288 g/mol. The summed E-state index contributed by atoms with van der Waals surface area (Å²) in [6, 6.07) is 0. The molecule has 0 heterocycles. The Balaban J connectivity index is 3.40. The number of rotatable bonds is 9. The van der Waals surface area contributed by atoms with E-state index in [-0.39, 0.29) is 0 Å². The van der Waals surface area contributed by atoms with Crippen LogP contribution in [0.25, 0.3) is 0 Å². The lowest BCUT2D eigenvalue weighted by atomic mass is 10.2. The zero-order valence-corrected chi connectivity index (χ0v) is 13.8. The van der Waals surface area contributed by atoms with Crippen LogP contribution in [0.2, 0.25) is 0 Å². The second-order valence-electron chi connectivity index (χ2n) is 5.10. The molecule has 0 aliphatic heterocycles. The minimum Gasteiger partial charge on any atom is -0.320 e. The van der Waals surface area contributed by atoms with Crippen LogP contribution in [0.3, 0.4) is 0 Å². The Labute approximate surface area is 131 Å². The predicted molar refractivity (Wildman–Crippen MR) is 85.0 cm³/mol. The first kappa shape index (κ1) is 19.9. The third-order valence-corrected chi connectivity index (χ3v) is 2.26. The van der Waals surface area contributed by atoms with Crippen LogP contribution in [0.1, 0.15) is 53.4 Å². The number of nitrogens with zero attached hydrogens (tertiary/aromatic N) is 2. The highest BCUT2D eigenvalue weighted by Gasteiger charge is 2.01. The molecule has 8 nitrogen and oxygen atoms in total. The Morgan fingerprint density at radius 2 is 1.09 bits per heavy atom. The van der Waals surface area contributed by atoms with Gasteiger partial charge in [-0.1, -0.05) is 23.2 Å².